The summed E-state index contributed by atoms with van der Waals surface area (Å²) in [6.45, 7) is 0.410. The summed E-state index contributed by atoms with van der Waals surface area (Å²) in [7, 11) is 0. The monoisotopic (exact) mass is 447 g/mol. The van der Waals surface area contributed by atoms with Crippen LogP contribution in [0.25, 0.3) is 0 Å². The Bertz CT molecular complexity index is 795. The molecule has 0 aliphatic heterocycles. The van der Waals surface area contributed by atoms with Crippen molar-refractivity contribution >= 4 is 34.0 Å². The van der Waals surface area contributed by atoms with E-state index in [1.165, 1.54) is 0 Å². The van der Waals surface area contributed by atoms with Gasteiger partial charge in [-0.15, -0.1) is 0 Å². The predicted molar refractivity (Wildman–Crippen MR) is 108 cm³/mol. The summed E-state index contributed by atoms with van der Waals surface area (Å²) in [4.78, 5) is 34.1. The zero-order chi connectivity index (χ0) is 19.9. The first-order valence-electron chi connectivity index (χ1n) is 9.07. The van der Waals surface area contributed by atoms with Gasteiger partial charge in [0.05, 0.1) is 4.47 Å². The van der Waals surface area contributed by atoms with E-state index in [9.17, 15) is 9.59 Å². The van der Waals surface area contributed by atoms with Gasteiger partial charge in [-0.05, 0) is 47.2 Å². The Morgan fingerprint density at radius 2 is 1.79 bits per heavy atom. The molecule has 0 bridgehead atoms. The van der Waals surface area contributed by atoms with Crippen LogP contribution in [0.5, 0.6) is 0 Å². The largest absolute Gasteiger partial charge is 0.446 e. The standard InChI is InChI=1S/C19H22BrN5O3/c20-14-11-22-18(23-12-14)25(15-6-8-16(9-7-15)28-17(21)26)19(27)24-10-13-4-2-1-3-5-13/h1-5,11-12,15-16H,6-10H2,(H2,21,26)(H,24,27)/t15-,16-. The van der Waals surface area contributed by atoms with Gasteiger partial charge in [0.2, 0.25) is 5.95 Å². The van der Waals surface area contributed by atoms with Crippen LogP contribution < -0.4 is 16.0 Å². The summed E-state index contributed by atoms with van der Waals surface area (Å²) in [6, 6.07) is 9.34. The molecular formula is C19H22BrN5O3. The zero-order valence-corrected chi connectivity index (χ0v) is 16.8. The van der Waals surface area contributed by atoms with Gasteiger partial charge in [0, 0.05) is 25.0 Å². The minimum absolute atomic E-state index is 0.0929. The lowest BCUT2D eigenvalue weighted by Gasteiger charge is -2.35. The number of hydrogen-bond donors (Lipinski definition) is 2. The van der Waals surface area contributed by atoms with Gasteiger partial charge in [-0.1, -0.05) is 30.3 Å². The topological polar surface area (TPSA) is 110 Å². The summed E-state index contributed by atoms with van der Waals surface area (Å²) in [6.07, 6.45) is 4.83. The molecule has 148 valence electrons. The summed E-state index contributed by atoms with van der Waals surface area (Å²) >= 11 is 3.32. The molecule has 1 aliphatic rings. The summed E-state index contributed by atoms with van der Waals surface area (Å²) in [5.41, 5.74) is 6.11. The first kappa shape index (κ1) is 20.1. The third-order valence-corrected chi connectivity index (χ3v) is 5.03. The number of nitrogens with zero attached hydrogens (tertiary/aromatic N) is 3. The van der Waals surface area contributed by atoms with Crippen molar-refractivity contribution < 1.29 is 14.3 Å². The van der Waals surface area contributed by atoms with Gasteiger partial charge >= 0.3 is 12.1 Å². The maximum atomic E-state index is 13.0. The number of amides is 3. The second-order valence-corrected chi connectivity index (χ2v) is 7.50. The van der Waals surface area contributed by atoms with Crippen molar-refractivity contribution in [3.63, 3.8) is 0 Å². The highest BCUT2D eigenvalue weighted by atomic mass is 79.9. The molecule has 1 fully saturated rings. The van der Waals surface area contributed by atoms with Crippen LogP contribution in [0.2, 0.25) is 0 Å². The van der Waals surface area contributed by atoms with Crippen molar-refractivity contribution in [2.75, 3.05) is 4.90 Å². The number of rotatable bonds is 5. The van der Waals surface area contributed by atoms with Gasteiger partial charge in [0.1, 0.15) is 6.10 Å². The first-order chi connectivity index (χ1) is 13.5. The number of halogens is 1. The maximum absolute atomic E-state index is 13.0. The van der Waals surface area contributed by atoms with Crippen LogP contribution in [-0.4, -0.2) is 34.2 Å². The van der Waals surface area contributed by atoms with E-state index in [1.807, 2.05) is 30.3 Å². The number of carbonyl (C=O) groups excluding carboxylic acids is 2. The van der Waals surface area contributed by atoms with Gasteiger partial charge in [-0.25, -0.2) is 19.6 Å². The van der Waals surface area contributed by atoms with Crippen molar-refractivity contribution in [3.8, 4) is 0 Å². The second kappa shape index (κ2) is 9.50. The molecule has 0 atom stereocenters. The fourth-order valence-corrected chi connectivity index (χ4v) is 3.50. The van der Waals surface area contributed by atoms with Crippen LogP contribution in [0.3, 0.4) is 0 Å². The van der Waals surface area contributed by atoms with Crippen LogP contribution in [0.15, 0.2) is 47.2 Å². The van der Waals surface area contributed by atoms with Gasteiger partial charge < -0.3 is 15.8 Å². The summed E-state index contributed by atoms with van der Waals surface area (Å²) < 4.78 is 5.82. The van der Waals surface area contributed by atoms with E-state index in [1.54, 1.807) is 17.3 Å². The predicted octanol–water partition coefficient (Wildman–Crippen LogP) is 3.36. The molecule has 0 spiro atoms. The number of nitrogens with one attached hydrogen (secondary N) is 1. The lowest BCUT2D eigenvalue weighted by Crippen LogP contribution is -2.49. The van der Waals surface area contributed by atoms with E-state index in [0.29, 0.717) is 38.2 Å². The Kier molecular flexibility index (Phi) is 6.80. The van der Waals surface area contributed by atoms with Crippen LogP contribution >= 0.6 is 15.9 Å². The zero-order valence-electron chi connectivity index (χ0n) is 15.3. The summed E-state index contributed by atoms with van der Waals surface area (Å²) in [5, 5.41) is 2.94. The van der Waals surface area contributed by atoms with Crippen molar-refractivity contribution in [1.82, 2.24) is 15.3 Å². The molecule has 1 aromatic carbocycles. The number of hydrogen-bond acceptors (Lipinski definition) is 5. The Hall–Kier alpha value is -2.68. The molecule has 0 unspecified atom stereocenters. The Labute approximate surface area is 171 Å². The smallest absolute Gasteiger partial charge is 0.404 e. The third-order valence-electron chi connectivity index (χ3n) is 4.62. The fraction of sp³-hybridized carbons (Fsp3) is 0.368. The average Bonchev–Trinajstić information content (AvgIpc) is 2.70. The number of anilines is 1. The number of aromatic nitrogens is 2. The second-order valence-electron chi connectivity index (χ2n) is 6.58. The molecule has 1 saturated carbocycles. The molecule has 0 radical (unpaired) electrons. The van der Waals surface area contributed by atoms with E-state index in [0.717, 1.165) is 10.0 Å². The lowest BCUT2D eigenvalue weighted by molar-refractivity contribution is 0.0786. The van der Waals surface area contributed by atoms with Gasteiger partial charge in [-0.3, -0.25) is 4.90 Å². The highest BCUT2D eigenvalue weighted by Gasteiger charge is 2.32. The lowest BCUT2D eigenvalue weighted by atomic mass is 9.92. The van der Waals surface area contributed by atoms with Gasteiger partial charge in [0.15, 0.2) is 0 Å². The van der Waals surface area contributed by atoms with E-state index in [-0.39, 0.29) is 18.2 Å². The van der Waals surface area contributed by atoms with E-state index < -0.39 is 6.09 Å². The van der Waals surface area contributed by atoms with Crippen LogP contribution in [0, 0.1) is 0 Å². The number of carbonyl (C=O) groups is 2. The minimum atomic E-state index is -0.767. The SMILES string of the molecule is NC(=O)O[C@H]1CC[C@H](N(C(=O)NCc2ccccc2)c2ncc(Br)cn2)CC1. The van der Waals surface area contributed by atoms with Crippen LogP contribution in [0.1, 0.15) is 31.2 Å². The maximum Gasteiger partial charge on any atom is 0.404 e. The highest BCUT2D eigenvalue weighted by Crippen LogP contribution is 2.27. The number of ether oxygens (including phenoxy) is 1. The Balaban J connectivity index is 1.71. The fourth-order valence-electron chi connectivity index (χ4n) is 3.29. The molecule has 1 heterocycles. The number of nitrogens with two attached hydrogens (primary N) is 1. The van der Waals surface area contributed by atoms with Crippen molar-refractivity contribution in [1.29, 1.82) is 0 Å². The average molecular weight is 448 g/mol. The van der Waals surface area contributed by atoms with E-state index >= 15 is 0 Å². The highest BCUT2D eigenvalue weighted by molar-refractivity contribution is 9.10. The molecule has 1 aromatic heterocycles. The Morgan fingerprint density at radius 3 is 2.39 bits per heavy atom. The Morgan fingerprint density at radius 1 is 1.14 bits per heavy atom. The molecule has 1 aliphatic carbocycles. The molecular weight excluding hydrogens is 426 g/mol. The van der Waals surface area contributed by atoms with Crippen LogP contribution in [0.4, 0.5) is 15.5 Å². The third kappa shape index (κ3) is 5.41. The minimum Gasteiger partial charge on any atom is -0.446 e. The van der Waals surface area contributed by atoms with E-state index in [4.69, 9.17) is 10.5 Å². The van der Waals surface area contributed by atoms with E-state index in [2.05, 4.69) is 31.2 Å². The van der Waals surface area contributed by atoms with Crippen molar-refractivity contribution in [2.24, 2.45) is 5.73 Å². The number of primary amides is 1. The normalized spacial score (nSPS) is 18.9. The summed E-state index contributed by atoms with van der Waals surface area (Å²) in [5.74, 6) is 0.341. The molecule has 0 saturated heterocycles. The molecule has 2 aromatic rings. The quantitative estimate of drug-likeness (QED) is 0.729. The van der Waals surface area contributed by atoms with Crippen LogP contribution in [-0.2, 0) is 11.3 Å². The molecule has 3 N–H and O–H groups in total. The van der Waals surface area contributed by atoms with Crippen molar-refractivity contribution in [2.45, 2.75) is 44.4 Å². The first-order valence-corrected chi connectivity index (χ1v) is 9.87. The van der Waals surface area contributed by atoms with Crippen molar-refractivity contribution in [3.05, 3.63) is 52.8 Å². The number of benzene rings is 1. The van der Waals surface area contributed by atoms with Gasteiger partial charge in [-0.2, -0.15) is 0 Å². The molecule has 28 heavy (non-hydrogen) atoms. The molecule has 9 heteroatoms. The van der Waals surface area contributed by atoms with Gasteiger partial charge in [0.25, 0.3) is 0 Å². The molecule has 3 amide bonds. The molecule has 8 nitrogen and oxygen atoms in total. The number of urea groups is 1. The molecule has 3 rings (SSSR count).